The summed E-state index contributed by atoms with van der Waals surface area (Å²) >= 11 is 0. The molecule has 14 heteroatoms. The fourth-order valence-corrected chi connectivity index (χ4v) is 10.8. The Kier molecular flexibility index (Phi) is 15.8. The van der Waals surface area contributed by atoms with Crippen molar-refractivity contribution < 1.29 is 67.2 Å². The SMILES string of the molecule is C=CCC1O[C@@H]2C[C@@H](O[C@@]3(CC[C@H]4CC(=C)C(CC[C@H]5C[C@@H](C)C(=C)C(C[C@@H]6O[C@H](C[C@H](O)CO)[C@H](OC)C6CC(=O)OC)O5)O4)C[C@@H](OC)[C@@H]2O3)[C@H]1OC(=O)c1ccccc1. The quantitative estimate of drug-likeness (QED) is 0.131. The molecule has 0 amide bonds. The summed E-state index contributed by atoms with van der Waals surface area (Å²) < 4.78 is 63.1. The van der Waals surface area contributed by atoms with Gasteiger partial charge in [0, 0.05) is 52.2 Å². The van der Waals surface area contributed by atoms with Gasteiger partial charge in [0.25, 0.3) is 0 Å². The van der Waals surface area contributed by atoms with E-state index in [0.29, 0.717) is 44.1 Å². The van der Waals surface area contributed by atoms with Gasteiger partial charge in [-0.2, -0.15) is 0 Å². The number of aliphatic hydroxyl groups excluding tert-OH is 2. The van der Waals surface area contributed by atoms with E-state index in [1.54, 1.807) is 32.4 Å². The predicted octanol–water partition coefficient (Wildman–Crippen LogP) is 5.56. The summed E-state index contributed by atoms with van der Waals surface area (Å²) in [6, 6.07) is 8.95. The van der Waals surface area contributed by atoms with Gasteiger partial charge in [0.2, 0.25) is 0 Å². The van der Waals surface area contributed by atoms with E-state index in [-0.39, 0.29) is 73.4 Å². The van der Waals surface area contributed by atoms with Gasteiger partial charge in [0.15, 0.2) is 11.9 Å². The lowest BCUT2D eigenvalue weighted by molar-refractivity contribution is -0.258. The molecule has 6 aliphatic heterocycles. The highest BCUT2D eigenvalue weighted by molar-refractivity contribution is 5.89. The molecule has 6 saturated heterocycles. The maximum absolute atomic E-state index is 13.3. The van der Waals surface area contributed by atoms with Crippen molar-refractivity contribution in [2.45, 2.75) is 175 Å². The van der Waals surface area contributed by atoms with Crippen LogP contribution in [0, 0.1) is 11.8 Å². The average Bonchev–Trinajstić information content (AvgIpc) is 3.90. The molecule has 17 atom stereocenters. The van der Waals surface area contributed by atoms with E-state index in [0.717, 1.165) is 36.8 Å². The summed E-state index contributed by atoms with van der Waals surface area (Å²) in [5.74, 6) is -1.89. The molecule has 0 radical (unpaired) electrons. The highest BCUT2D eigenvalue weighted by atomic mass is 16.7. The van der Waals surface area contributed by atoms with Crippen LogP contribution in [-0.2, 0) is 52.2 Å². The number of carbonyl (C=O) groups is 2. The third-order valence-corrected chi connectivity index (χ3v) is 14.1. The van der Waals surface area contributed by atoms with E-state index in [4.69, 9.17) is 47.4 Å². The number of aliphatic hydroxyl groups is 2. The number of rotatable bonds is 19. The van der Waals surface area contributed by atoms with Crippen molar-refractivity contribution in [2.24, 2.45) is 11.8 Å². The number of fused-ring (bicyclic) bond motifs is 5. The monoisotopic (exact) mass is 868 g/mol. The van der Waals surface area contributed by atoms with Crippen LogP contribution < -0.4 is 0 Å². The Morgan fingerprint density at radius 1 is 0.903 bits per heavy atom. The highest BCUT2D eigenvalue weighted by Crippen LogP contribution is 2.49. The number of benzene rings is 1. The zero-order valence-corrected chi connectivity index (χ0v) is 36.8. The molecule has 6 heterocycles. The molecule has 0 saturated carbocycles. The van der Waals surface area contributed by atoms with Gasteiger partial charge in [-0.1, -0.05) is 44.4 Å². The minimum Gasteiger partial charge on any atom is -0.469 e. The molecule has 0 aromatic heterocycles. The summed E-state index contributed by atoms with van der Waals surface area (Å²) in [5, 5.41) is 19.8. The van der Waals surface area contributed by atoms with Crippen LogP contribution in [0.4, 0.5) is 0 Å². The maximum atomic E-state index is 13.3. The summed E-state index contributed by atoms with van der Waals surface area (Å²) in [7, 11) is 4.62. The minimum absolute atomic E-state index is 0.0508. The van der Waals surface area contributed by atoms with Crippen molar-refractivity contribution in [3.05, 3.63) is 72.9 Å². The van der Waals surface area contributed by atoms with Crippen LogP contribution in [0.2, 0.25) is 0 Å². The third kappa shape index (κ3) is 10.6. The molecule has 4 unspecified atom stereocenters. The first-order valence-electron chi connectivity index (χ1n) is 22.5. The summed E-state index contributed by atoms with van der Waals surface area (Å²) in [6.07, 6.45) is 2.99. The molecule has 0 spiro atoms. The number of esters is 2. The van der Waals surface area contributed by atoms with Gasteiger partial charge >= 0.3 is 11.9 Å². The van der Waals surface area contributed by atoms with Crippen LogP contribution in [0.1, 0.15) is 94.3 Å². The summed E-state index contributed by atoms with van der Waals surface area (Å²) in [4.78, 5) is 25.8. The molecule has 4 bridgehead atoms. The van der Waals surface area contributed by atoms with E-state index in [1.165, 1.54) is 7.11 Å². The second kappa shape index (κ2) is 20.9. The van der Waals surface area contributed by atoms with Crippen molar-refractivity contribution in [3.63, 3.8) is 0 Å². The van der Waals surface area contributed by atoms with Gasteiger partial charge in [0.1, 0.15) is 18.3 Å². The standard InChI is InChI=1S/C48H68O14/c1-8-12-36-45(60-47(52)30-13-10-9-11-14-30)41-24-40(58-36)46-42(53-5)25-48(61-41,62-46)18-17-33-20-28(3)35(56-33)16-15-32-19-27(2)29(4)37(57-32)23-38-34(22-43(51)54-6)44(55-7)39(59-38)21-31(50)26-49/h8-11,13-14,27,31-42,44-46,49-50H,1,3-4,12,15-26H2,2,5-7H3/t27-,31+,32+,33+,34?,35?,36?,37?,38+,39-,40-,41-,42-,44-,45+,46-,48-/m1/s1. The van der Waals surface area contributed by atoms with Gasteiger partial charge in [-0.15, -0.1) is 6.58 Å². The maximum Gasteiger partial charge on any atom is 0.338 e. The molecule has 14 nitrogen and oxygen atoms in total. The fraction of sp³-hybridized carbons (Fsp3) is 0.708. The molecule has 62 heavy (non-hydrogen) atoms. The minimum atomic E-state index is -0.972. The first-order chi connectivity index (χ1) is 29.9. The van der Waals surface area contributed by atoms with Gasteiger partial charge < -0.3 is 57.6 Å². The molecular weight excluding hydrogens is 801 g/mol. The Bertz CT molecular complexity index is 1700. The normalized spacial score (nSPS) is 39.6. The number of carbonyl (C=O) groups excluding carboxylic acids is 2. The molecular formula is C48H68O14. The van der Waals surface area contributed by atoms with E-state index in [1.807, 2.05) is 18.2 Å². The van der Waals surface area contributed by atoms with Crippen LogP contribution in [0.5, 0.6) is 0 Å². The lowest BCUT2D eigenvalue weighted by Gasteiger charge is -2.43. The lowest BCUT2D eigenvalue weighted by atomic mass is 9.82. The second-order valence-corrected chi connectivity index (χ2v) is 18.2. The van der Waals surface area contributed by atoms with Gasteiger partial charge in [-0.05, 0) is 67.7 Å². The summed E-state index contributed by atoms with van der Waals surface area (Å²) in [6.45, 7) is 14.5. The van der Waals surface area contributed by atoms with E-state index in [9.17, 15) is 19.8 Å². The van der Waals surface area contributed by atoms with Crippen LogP contribution >= 0.6 is 0 Å². The van der Waals surface area contributed by atoms with E-state index < -0.39 is 61.1 Å². The van der Waals surface area contributed by atoms with Gasteiger partial charge in [-0.25, -0.2) is 4.79 Å². The number of hydrogen-bond acceptors (Lipinski definition) is 14. The molecule has 1 aromatic carbocycles. The highest BCUT2D eigenvalue weighted by Gasteiger charge is 2.59. The molecule has 6 aliphatic rings. The van der Waals surface area contributed by atoms with E-state index in [2.05, 4.69) is 26.7 Å². The molecule has 344 valence electrons. The van der Waals surface area contributed by atoms with Crippen molar-refractivity contribution in [1.82, 2.24) is 0 Å². The number of hydrogen-bond donors (Lipinski definition) is 2. The first kappa shape index (κ1) is 47.0. The zero-order valence-electron chi connectivity index (χ0n) is 36.8. The summed E-state index contributed by atoms with van der Waals surface area (Å²) in [5.41, 5.74) is 2.50. The average molecular weight is 869 g/mol. The van der Waals surface area contributed by atoms with Crippen LogP contribution in [-0.4, -0.2) is 141 Å². The van der Waals surface area contributed by atoms with Crippen molar-refractivity contribution in [2.75, 3.05) is 27.9 Å². The topological polar surface area (TPSA) is 167 Å². The number of ether oxygens (including phenoxy) is 10. The fourth-order valence-electron chi connectivity index (χ4n) is 10.8. The molecule has 2 N–H and O–H groups in total. The van der Waals surface area contributed by atoms with Crippen LogP contribution in [0.3, 0.4) is 0 Å². The van der Waals surface area contributed by atoms with Crippen molar-refractivity contribution in [3.8, 4) is 0 Å². The predicted molar refractivity (Wildman–Crippen MR) is 226 cm³/mol. The Labute approximate surface area is 366 Å². The number of methoxy groups -OCH3 is 3. The zero-order chi connectivity index (χ0) is 44.1. The largest absolute Gasteiger partial charge is 0.469 e. The van der Waals surface area contributed by atoms with Crippen molar-refractivity contribution >= 4 is 11.9 Å². The Hall–Kier alpha value is -3.02. The Balaban J connectivity index is 0.958. The van der Waals surface area contributed by atoms with E-state index >= 15 is 0 Å². The Morgan fingerprint density at radius 3 is 2.39 bits per heavy atom. The second-order valence-electron chi connectivity index (χ2n) is 18.2. The van der Waals surface area contributed by atoms with Crippen LogP contribution in [0.25, 0.3) is 0 Å². The lowest BCUT2D eigenvalue weighted by Crippen LogP contribution is -2.55. The molecule has 1 aromatic rings. The molecule has 7 rings (SSSR count). The van der Waals surface area contributed by atoms with Crippen LogP contribution in [0.15, 0.2) is 67.3 Å². The van der Waals surface area contributed by atoms with Gasteiger partial charge in [0.05, 0.1) is 86.7 Å². The molecule has 0 aliphatic carbocycles. The third-order valence-electron chi connectivity index (χ3n) is 14.1. The molecule has 6 fully saturated rings. The Morgan fingerprint density at radius 2 is 1.68 bits per heavy atom. The van der Waals surface area contributed by atoms with Gasteiger partial charge in [-0.3, -0.25) is 4.79 Å². The smallest absolute Gasteiger partial charge is 0.338 e. The van der Waals surface area contributed by atoms with Crippen molar-refractivity contribution in [1.29, 1.82) is 0 Å². The first-order valence-corrected chi connectivity index (χ1v) is 22.5.